The van der Waals surface area contributed by atoms with Gasteiger partial charge in [-0.1, -0.05) is 30.7 Å². The number of carboxylic acids is 1. The summed E-state index contributed by atoms with van der Waals surface area (Å²) in [5, 5.41) is 11.6. The zero-order valence-electron chi connectivity index (χ0n) is 15.6. The molecule has 3 rings (SSSR count). The summed E-state index contributed by atoms with van der Waals surface area (Å²) in [6, 6.07) is 13.6. The number of halogens is 1. The molecule has 0 aliphatic heterocycles. The van der Waals surface area contributed by atoms with Crippen LogP contribution in [0.25, 0.3) is 0 Å². The minimum Gasteiger partial charge on any atom is -0.494 e. The fraction of sp³-hybridized carbons (Fsp3) is 0.364. The summed E-state index contributed by atoms with van der Waals surface area (Å²) in [7, 11) is 0. The molecule has 0 unspecified atom stereocenters. The number of carbonyl (C=O) groups excluding carboxylic acids is 1. The van der Waals surface area contributed by atoms with Crippen LogP contribution in [0.4, 0.5) is 4.39 Å². The third-order valence-corrected chi connectivity index (χ3v) is 5.20. The van der Waals surface area contributed by atoms with Gasteiger partial charge in [-0.3, -0.25) is 9.59 Å². The van der Waals surface area contributed by atoms with Gasteiger partial charge in [0.1, 0.15) is 11.6 Å². The van der Waals surface area contributed by atoms with Crippen molar-refractivity contribution in [3.8, 4) is 5.75 Å². The number of hydrogen-bond donors (Lipinski definition) is 2. The number of carbonyl (C=O) groups is 2. The van der Waals surface area contributed by atoms with Crippen molar-refractivity contribution < 1.29 is 23.8 Å². The van der Waals surface area contributed by atoms with E-state index in [1.54, 1.807) is 18.2 Å². The third kappa shape index (κ3) is 4.68. The lowest BCUT2D eigenvalue weighted by atomic mass is 9.64. The fourth-order valence-electron chi connectivity index (χ4n) is 3.43. The van der Waals surface area contributed by atoms with Crippen molar-refractivity contribution in [3.63, 3.8) is 0 Å². The molecule has 148 valence electrons. The molecular formula is C22H24FNO4. The number of aliphatic carboxylic acids is 1. The largest absolute Gasteiger partial charge is 0.494 e. The number of nitrogens with one attached hydrogen (secondary N) is 1. The van der Waals surface area contributed by atoms with E-state index in [0.29, 0.717) is 25.3 Å². The zero-order chi connectivity index (χ0) is 20.0. The molecule has 0 spiro atoms. The molecule has 1 aliphatic rings. The maximum atomic E-state index is 13.6. The molecule has 1 amide bonds. The van der Waals surface area contributed by atoms with Gasteiger partial charge in [-0.05, 0) is 54.7 Å². The molecule has 6 heteroatoms. The number of ether oxygens (including phenoxy) is 1. The molecule has 0 radical (unpaired) electrons. The first-order chi connectivity index (χ1) is 13.5. The van der Waals surface area contributed by atoms with Crippen molar-refractivity contribution >= 4 is 11.9 Å². The second-order valence-corrected chi connectivity index (χ2v) is 7.12. The lowest BCUT2D eigenvalue weighted by molar-refractivity contribution is -0.137. The first kappa shape index (κ1) is 19.9. The van der Waals surface area contributed by atoms with E-state index in [4.69, 9.17) is 9.84 Å². The van der Waals surface area contributed by atoms with Crippen molar-refractivity contribution in [2.45, 2.75) is 44.1 Å². The molecule has 1 fully saturated rings. The van der Waals surface area contributed by atoms with Crippen LogP contribution in [-0.4, -0.2) is 23.6 Å². The Hall–Kier alpha value is -2.89. The Morgan fingerprint density at radius 3 is 2.50 bits per heavy atom. The number of rotatable bonds is 9. The molecule has 2 aromatic rings. The molecule has 2 N–H and O–H groups in total. The highest BCUT2D eigenvalue weighted by Gasteiger charge is 2.45. The molecule has 5 nitrogen and oxygen atoms in total. The van der Waals surface area contributed by atoms with E-state index in [-0.39, 0.29) is 18.1 Å². The van der Waals surface area contributed by atoms with Crippen LogP contribution in [0, 0.1) is 5.82 Å². The van der Waals surface area contributed by atoms with Gasteiger partial charge >= 0.3 is 5.97 Å². The van der Waals surface area contributed by atoms with Crippen molar-refractivity contribution in [2.24, 2.45) is 0 Å². The average molecular weight is 385 g/mol. The van der Waals surface area contributed by atoms with Crippen LogP contribution in [0.1, 0.15) is 43.2 Å². The van der Waals surface area contributed by atoms with Gasteiger partial charge in [0.25, 0.3) is 0 Å². The van der Waals surface area contributed by atoms with E-state index in [2.05, 4.69) is 5.32 Å². The first-order valence-electron chi connectivity index (χ1n) is 9.47. The number of amides is 1. The van der Waals surface area contributed by atoms with E-state index in [1.165, 1.54) is 12.1 Å². The maximum Gasteiger partial charge on any atom is 0.303 e. The van der Waals surface area contributed by atoms with Crippen molar-refractivity contribution in [3.05, 3.63) is 65.5 Å². The average Bonchev–Trinajstić information content (AvgIpc) is 2.63. The van der Waals surface area contributed by atoms with E-state index in [9.17, 15) is 14.0 Å². The minimum absolute atomic E-state index is 0.0710. The molecule has 0 heterocycles. The molecule has 0 aromatic heterocycles. The van der Waals surface area contributed by atoms with Crippen LogP contribution in [0.15, 0.2) is 48.5 Å². The summed E-state index contributed by atoms with van der Waals surface area (Å²) < 4.78 is 19.1. The van der Waals surface area contributed by atoms with Gasteiger partial charge in [0.2, 0.25) is 5.91 Å². The van der Waals surface area contributed by atoms with E-state index in [0.717, 1.165) is 30.4 Å². The van der Waals surface area contributed by atoms with Gasteiger partial charge < -0.3 is 15.2 Å². The third-order valence-electron chi connectivity index (χ3n) is 5.20. The lowest BCUT2D eigenvalue weighted by Crippen LogP contribution is -2.49. The van der Waals surface area contributed by atoms with Crippen molar-refractivity contribution in [1.29, 1.82) is 0 Å². The summed E-state index contributed by atoms with van der Waals surface area (Å²) in [4.78, 5) is 23.3. The predicted octanol–water partition coefficient (Wildman–Crippen LogP) is 3.81. The Bertz CT molecular complexity index is 831. The molecule has 1 saturated carbocycles. The molecule has 28 heavy (non-hydrogen) atoms. The Morgan fingerprint density at radius 2 is 1.89 bits per heavy atom. The molecular weight excluding hydrogens is 361 g/mol. The van der Waals surface area contributed by atoms with Crippen molar-refractivity contribution in [2.75, 3.05) is 6.61 Å². The Labute approximate surface area is 163 Å². The normalized spacial score (nSPS) is 14.8. The van der Waals surface area contributed by atoms with Gasteiger partial charge in [0, 0.05) is 13.0 Å². The van der Waals surface area contributed by atoms with Crippen LogP contribution >= 0.6 is 0 Å². The highest BCUT2D eigenvalue weighted by atomic mass is 19.1. The highest BCUT2D eigenvalue weighted by molar-refractivity contribution is 5.89. The summed E-state index contributed by atoms with van der Waals surface area (Å²) in [6.07, 6.45) is 2.95. The Balaban J connectivity index is 1.53. The Kier molecular flexibility index (Phi) is 6.29. The monoisotopic (exact) mass is 385 g/mol. The van der Waals surface area contributed by atoms with Crippen LogP contribution in [0.3, 0.4) is 0 Å². The summed E-state index contributed by atoms with van der Waals surface area (Å²) >= 11 is 0. The molecule has 0 bridgehead atoms. The van der Waals surface area contributed by atoms with Gasteiger partial charge in [-0.25, -0.2) is 4.39 Å². The number of carboxylic acid groups (broad SMARTS) is 1. The maximum absolute atomic E-state index is 13.6. The summed E-state index contributed by atoms with van der Waals surface area (Å²) in [6.45, 7) is 0.730. The standard InChI is InChI=1S/C22H24FNO4/c23-18-5-1-4-17(14-18)22(11-3-12-22)21(27)24-15-16-7-9-19(10-8-16)28-13-2-6-20(25)26/h1,4-5,7-10,14H,2-3,6,11-13,15H2,(H,24,27)(H,25,26). The second-order valence-electron chi connectivity index (χ2n) is 7.12. The van der Waals surface area contributed by atoms with Gasteiger partial charge in [-0.2, -0.15) is 0 Å². The fourth-order valence-corrected chi connectivity index (χ4v) is 3.43. The second kappa shape index (κ2) is 8.87. The van der Waals surface area contributed by atoms with Gasteiger partial charge in [0.15, 0.2) is 0 Å². The van der Waals surface area contributed by atoms with E-state index in [1.807, 2.05) is 18.2 Å². The summed E-state index contributed by atoms with van der Waals surface area (Å²) in [5.41, 5.74) is 1.04. The lowest BCUT2D eigenvalue weighted by Gasteiger charge is -2.40. The predicted molar refractivity (Wildman–Crippen MR) is 103 cm³/mol. The topological polar surface area (TPSA) is 75.6 Å². The van der Waals surface area contributed by atoms with Gasteiger partial charge in [-0.15, -0.1) is 0 Å². The van der Waals surface area contributed by atoms with Crippen LogP contribution in [-0.2, 0) is 21.5 Å². The molecule has 2 aromatic carbocycles. The Morgan fingerprint density at radius 1 is 1.14 bits per heavy atom. The molecule has 1 aliphatic carbocycles. The van der Waals surface area contributed by atoms with Crippen LogP contribution in [0.5, 0.6) is 5.75 Å². The number of benzene rings is 2. The van der Waals surface area contributed by atoms with Gasteiger partial charge in [0.05, 0.1) is 12.0 Å². The van der Waals surface area contributed by atoms with E-state index >= 15 is 0 Å². The van der Waals surface area contributed by atoms with Crippen LogP contribution < -0.4 is 10.1 Å². The number of hydrogen-bond acceptors (Lipinski definition) is 3. The van der Waals surface area contributed by atoms with Crippen molar-refractivity contribution in [1.82, 2.24) is 5.32 Å². The summed E-state index contributed by atoms with van der Waals surface area (Å²) in [5.74, 6) is -0.568. The van der Waals surface area contributed by atoms with Crippen LogP contribution in [0.2, 0.25) is 0 Å². The minimum atomic E-state index is -0.836. The first-order valence-corrected chi connectivity index (χ1v) is 9.47. The zero-order valence-corrected chi connectivity index (χ0v) is 15.6. The SMILES string of the molecule is O=C(O)CCCOc1ccc(CNC(=O)C2(c3cccc(F)c3)CCC2)cc1. The highest BCUT2D eigenvalue weighted by Crippen LogP contribution is 2.44. The molecule has 0 saturated heterocycles. The molecule has 0 atom stereocenters. The van der Waals surface area contributed by atoms with E-state index < -0.39 is 11.4 Å². The smallest absolute Gasteiger partial charge is 0.303 e. The quantitative estimate of drug-likeness (QED) is 0.644.